The van der Waals surface area contributed by atoms with Crippen LogP contribution in [0, 0.1) is 6.92 Å². The van der Waals surface area contributed by atoms with E-state index >= 15 is 0 Å². The first-order valence-corrected chi connectivity index (χ1v) is 8.28. The SMILES string of the molecule is Cc1ccccc1/C=C/C(=O)Nc1cnn(CCCCC(C)(F)F)c1. The summed E-state index contributed by atoms with van der Waals surface area (Å²) in [5, 5.41) is 6.86. The number of halogens is 2. The minimum absolute atomic E-state index is 0.123. The van der Waals surface area contributed by atoms with Crippen LogP contribution in [0.4, 0.5) is 14.5 Å². The molecule has 0 bridgehead atoms. The molecule has 0 aliphatic rings. The monoisotopic (exact) mass is 347 g/mol. The molecule has 0 saturated heterocycles. The molecule has 2 aromatic rings. The number of carbonyl (C=O) groups is 1. The van der Waals surface area contributed by atoms with Crippen molar-refractivity contribution in [3.8, 4) is 0 Å². The molecule has 1 N–H and O–H groups in total. The van der Waals surface area contributed by atoms with E-state index in [-0.39, 0.29) is 12.3 Å². The molecule has 4 nitrogen and oxygen atoms in total. The summed E-state index contributed by atoms with van der Waals surface area (Å²) in [7, 11) is 0. The lowest BCUT2D eigenvalue weighted by Crippen LogP contribution is -2.09. The van der Waals surface area contributed by atoms with Gasteiger partial charge in [0.1, 0.15) is 0 Å². The van der Waals surface area contributed by atoms with E-state index in [1.807, 2.05) is 31.2 Å². The van der Waals surface area contributed by atoms with Crippen LogP contribution in [-0.2, 0) is 11.3 Å². The number of amides is 1. The van der Waals surface area contributed by atoms with E-state index in [2.05, 4.69) is 10.4 Å². The minimum Gasteiger partial charge on any atom is -0.320 e. The molecule has 134 valence electrons. The van der Waals surface area contributed by atoms with Crippen molar-refractivity contribution in [3.63, 3.8) is 0 Å². The summed E-state index contributed by atoms with van der Waals surface area (Å²) in [6, 6.07) is 7.79. The number of carbonyl (C=O) groups excluding carboxylic acids is 1. The number of rotatable bonds is 8. The second kappa shape index (κ2) is 8.55. The molecule has 0 radical (unpaired) electrons. The van der Waals surface area contributed by atoms with Gasteiger partial charge in [0.25, 0.3) is 0 Å². The van der Waals surface area contributed by atoms with Crippen LogP contribution in [-0.4, -0.2) is 21.6 Å². The van der Waals surface area contributed by atoms with Gasteiger partial charge in [0, 0.05) is 25.2 Å². The van der Waals surface area contributed by atoms with E-state index in [9.17, 15) is 13.6 Å². The second-order valence-electron chi connectivity index (χ2n) is 6.20. The molecular formula is C19H23F2N3O. The Balaban J connectivity index is 1.80. The zero-order chi connectivity index (χ0) is 18.3. The molecule has 1 aromatic carbocycles. The lowest BCUT2D eigenvalue weighted by Gasteiger charge is -2.09. The molecule has 25 heavy (non-hydrogen) atoms. The van der Waals surface area contributed by atoms with Gasteiger partial charge < -0.3 is 5.32 Å². The Morgan fingerprint density at radius 1 is 1.32 bits per heavy atom. The van der Waals surface area contributed by atoms with Crippen LogP contribution in [0.3, 0.4) is 0 Å². The summed E-state index contributed by atoms with van der Waals surface area (Å²) in [4.78, 5) is 12.0. The van der Waals surface area contributed by atoms with E-state index in [1.165, 1.54) is 6.08 Å². The number of aryl methyl sites for hydroxylation is 2. The Morgan fingerprint density at radius 2 is 2.08 bits per heavy atom. The van der Waals surface area contributed by atoms with Gasteiger partial charge in [-0.2, -0.15) is 5.10 Å². The molecule has 6 heteroatoms. The highest BCUT2D eigenvalue weighted by Crippen LogP contribution is 2.20. The van der Waals surface area contributed by atoms with E-state index in [0.29, 0.717) is 25.1 Å². The van der Waals surface area contributed by atoms with Crippen LogP contribution in [0.25, 0.3) is 6.08 Å². The average molecular weight is 347 g/mol. The van der Waals surface area contributed by atoms with Crippen molar-refractivity contribution < 1.29 is 13.6 Å². The summed E-state index contributed by atoms with van der Waals surface area (Å²) in [5.74, 6) is -2.86. The molecule has 0 spiro atoms. The number of aromatic nitrogens is 2. The molecule has 0 saturated carbocycles. The van der Waals surface area contributed by atoms with Crippen LogP contribution >= 0.6 is 0 Å². The van der Waals surface area contributed by atoms with Crippen molar-refractivity contribution in [1.82, 2.24) is 9.78 Å². The number of alkyl halides is 2. The topological polar surface area (TPSA) is 46.9 Å². The van der Waals surface area contributed by atoms with E-state index in [0.717, 1.165) is 18.1 Å². The van der Waals surface area contributed by atoms with E-state index in [4.69, 9.17) is 0 Å². The predicted octanol–water partition coefficient (Wildman–Crippen LogP) is 4.67. The number of nitrogens with one attached hydrogen (secondary N) is 1. The third kappa shape index (κ3) is 6.87. The Kier molecular flexibility index (Phi) is 6.44. The lowest BCUT2D eigenvalue weighted by atomic mass is 10.1. The molecule has 1 heterocycles. The zero-order valence-electron chi connectivity index (χ0n) is 14.5. The molecule has 1 aromatic heterocycles. The fourth-order valence-electron chi connectivity index (χ4n) is 2.38. The van der Waals surface area contributed by atoms with Crippen LogP contribution < -0.4 is 5.32 Å². The largest absolute Gasteiger partial charge is 0.320 e. The van der Waals surface area contributed by atoms with E-state index < -0.39 is 5.92 Å². The average Bonchev–Trinajstić information content (AvgIpc) is 2.97. The van der Waals surface area contributed by atoms with Crippen molar-refractivity contribution in [2.75, 3.05) is 5.32 Å². The van der Waals surface area contributed by atoms with Gasteiger partial charge in [-0.25, -0.2) is 8.78 Å². The Hall–Kier alpha value is -2.50. The number of unbranched alkanes of at least 4 members (excludes halogenated alkanes) is 1. The summed E-state index contributed by atoms with van der Waals surface area (Å²) >= 11 is 0. The summed E-state index contributed by atoms with van der Waals surface area (Å²) in [5.41, 5.74) is 2.67. The lowest BCUT2D eigenvalue weighted by molar-refractivity contribution is -0.111. The van der Waals surface area contributed by atoms with E-state index in [1.54, 1.807) is 23.2 Å². The maximum atomic E-state index is 12.7. The quantitative estimate of drug-likeness (QED) is 0.557. The number of benzene rings is 1. The van der Waals surface area contributed by atoms with Gasteiger partial charge in [0.2, 0.25) is 11.8 Å². The van der Waals surface area contributed by atoms with Crippen molar-refractivity contribution in [2.24, 2.45) is 0 Å². The third-order valence-electron chi connectivity index (χ3n) is 3.76. The first-order valence-electron chi connectivity index (χ1n) is 8.28. The standard InChI is InChI=1S/C19H23F2N3O/c1-15-7-3-4-8-16(15)9-10-18(25)23-17-13-22-24(14-17)12-6-5-11-19(2,20)21/h3-4,7-10,13-14H,5-6,11-12H2,1-2H3,(H,23,25)/b10-9+. The Bertz CT molecular complexity index is 732. The molecule has 0 fully saturated rings. The van der Waals surface area contributed by atoms with Crippen molar-refractivity contribution in [2.45, 2.75) is 45.6 Å². The van der Waals surface area contributed by atoms with Crippen LogP contribution in [0.5, 0.6) is 0 Å². The van der Waals surface area contributed by atoms with Gasteiger partial charge in [0.15, 0.2) is 0 Å². The molecule has 0 aliphatic heterocycles. The zero-order valence-corrected chi connectivity index (χ0v) is 14.5. The minimum atomic E-state index is -2.62. The number of anilines is 1. The van der Waals surface area contributed by atoms with Crippen molar-refractivity contribution in [3.05, 3.63) is 53.9 Å². The molecular weight excluding hydrogens is 324 g/mol. The summed E-state index contributed by atoms with van der Waals surface area (Å²) in [6.45, 7) is 3.46. The first-order chi connectivity index (χ1) is 11.8. The van der Waals surface area contributed by atoms with Gasteiger partial charge >= 0.3 is 0 Å². The fourth-order valence-corrected chi connectivity index (χ4v) is 2.38. The molecule has 1 amide bonds. The smallest absolute Gasteiger partial charge is 0.248 e. The van der Waals surface area contributed by atoms with Crippen LogP contribution in [0.1, 0.15) is 37.3 Å². The number of nitrogens with zero attached hydrogens (tertiary/aromatic N) is 2. The van der Waals surface area contributed by atoms with Gasteiger partial charge in [-0.05, 0) is 43.9 Å². The Morgan fingerprint density at radius 3 is 2.80 bits per heavy atom. The highest BCUT2D eigenvalue weighted by molar-refractivity contribution is 6.01. The summed E-state index contributed by atoms with van der Waals surface area (Å²) < 4.78 is 27.1. The van der Waals surface area contributed by atoms with Gasteiger partial charge in [-0.15, -0.1) is 0 Å². The summed E-state index contributed by atoms with van der Waals surface area (Å²) in [6.07, 6.45) is 7.41. The molecule has 0 unspecified atom stereocenters. The molecule has 2 rings (SSSR count). The Labute approximate surface area is 146 Å². The van der Waals surface area contributed by atoms with Crippen molar-refractivity contribution in [1.29, 1.82) is 0 Å². The first kappa shape index (κ1) is 18.8. The van der Waals surface area contributed by atoms with Gasteiger partial charge in [-0.3, -0.25) is 9.48 Å². The van der Waals surface area contributed by atoms with Gasteiger partial charge in [0.05, 0.1) is 11.9 Å². The maximum absolute atomic E-state index is 12.7. The maximum Gasteiger partial charge on any atom is 0.248 e. The predicted molar refractivity (Wildman–Crippen MR) is 95.5 cm³/mol. The highest BCUT2D eigenvalue weighted by Gasteiger charge is 2.19. The normalized spacial score (nSPS) is 11.8. The second-order valence-corrected chi connectivity index (χ2v) is 6.20. The van der Waals surface area contributed by atoms with Crippen LogP contribution in [0.2, 0.25) is 0 Å². The third-order valence-corrected chi connectivity index (χ3v) is 3.76. The molecule has 0 aliphatic carbocycles. The number of hydrogen-bond donors (Lipinski definition) is 1. The van der Waals surface area contributed by atoms with Crippen molar-refractivity contribution >= 4 is 17.7 Å². The van der Waals surface area contributed by atoms with Gasteiger partial charge in [-0.1, -0.05) is 24.3 Å². The molecule has 0 atom stereocenters. The highest BCUT2D eigenvalue weighted by atomic mass is 19.3. The fraction of sp³-hybridized carbons (Fsp3) is 0.368. The van der Waals surface area contributed by atoms with Crippen LogP contribution in [0.15, 0.2) is 42.7 Å². The number of hydrogen-bond acceptors (Lipinski definition) is 2.